The van der Waals surface area contributed by atoms with Gasteiger partial charge in [-0.15, -0.1) is 0 Å². The number of benzene rings is 1. The van der Waals surface area contributed by atoms with Crippen LogP contribution in [0.3, 0.4) is 0 Å². The Balaban J connectivity index is 1.42. The Hall–Kier alpha value is -3.41. The van der Waals surface area contributed by atoms with Crippen molar-refractivity contribution >= 4 is 40.7 Å². The Morgan fingerprint density at radius 2 is 2.00 bits per heavy atom. The molecule has 2 amide bonds. The normalized spacial score (nSPS) is 17.7. The molecule has 4 rings (SSSR count). The van der Waals surface area contributed by atoms with Gasteiger partial charge >= 0.3 is 0 Å². The summed E-state index contributed by atoms with van der Waals surface area (Å²) >= 11 is 6.18. The van der Waals surface area contributed by atoms with E-state index < -0.39 is 0 Å². The van der Waals surface area contributed by atoms with Gasteiger partial charge in [0.15, 0.2) is 0 Å². The van der Waals surface area contributed by atoms with Crippen LogP contribution in [-0.2, 0) is 9.53 Å². The summed E-state index contributed by atoms with van der Waals surface area (Å²) in [5.74, 6) is 0.336. The molecule has 210 valence electrons. The van der Waals surface area contributed by atoms with Crippen LogP contribution in [0.5, 0.6) is 5.88 Å². The monoisotopic (exact) mass is 557 g/mol. The predicted octanol–water partition coefficient (Wildman–Crippen LogP) is 2.75. The summed E-state index contributed by atoms with van der Waals surface area (Å²) in [4.78, 5) is 40.4. The standard InChI is InChI=1S/C27H36ClN7O4/c1-4-24(36)31-22-7-6-19(16-23(22)34-12-10-33(3)11-13-34)26(37)35-9-8-20(18-35)30-27-29-17-21(28)25(32-27)39-15-14-38-5-2/h4,6-7,16-17,20H,1,5,8-15,18H2,2-3H3,(H,31,36)(H,29,30,32)/t20-/m1/s1. The van der Waals surface area contributed by atoms with Gasteiger partial charge in [0, 0.05) is 57.5 Å². The molecular formula is C27H36ClN7O4. The van der Waals surface area contributed by atoms with Crippen LogP contribution in [0, 0.1) is 0 Å². The third-order valence-corrected chi connectivity index (χ3v) is 6.98. The Morgan fingerprint density at radius 1 is 1.21 bits per heavy atom. The molecule has 0 unspecified atom stereocenters. The van der Waals surface area contributed by atoms with Crippen molar-refractivity contribution in [2.24, 2.45) is 0 Å². The number of amides is 2. The molecule has 0 spiro atoms. The molecule has 2 saturated heterocycles. The lowest BCUT2D eigenvalue weighted by molar-refractivity contribution is -0.111. The number of carbonyl (C=O) groups is 2. The number of hydrogen-bond donors (Lipinski definition) is 2. The van der Waals surface area contributed by atoms with E-state index in [1.54, 1.807) is 12.1 Å². The second kappa shape index (κ2) is 13.6. The smallest absolute Gasteiger partial charge is 0.254 e. The van der Waals surface area contributed by atoms with Gasteiger partial charge in [-0.1, -0.05) is 18.2 Å². The first-order valence-corrected chi connectivity index (χ1v) is 13.6. The molecule has 0 saturated carbocycles. The molecule has 0 radical (unpaired) electrons. The Bertz CT molecular complexity index is 1170. The van der Waals surface area contributed by atoms with Crippen molar-refractivity contribution in [3.05, 3.63) is 47.6 Å². The quantitative estimate of drug-likeness (QED) is 0.318. The molecule has 0 aliphatic carbocycles. The van der Waals surface area contributed by atoms with Crippen LogP contribution in [0.2, 0.25) is 5.02 Å². The molecular weight excluding hydrogens is 522 g/mol. The molecule has 11 nitrogen and oxygen atoms in total. The van der Waals surface area contributed by atoms with Crippen LogP contribution in [-0.4, -0.2) is 104 Å². The van der Waals surface area contributed by atoms with Crippen LogP contribution < -0.4 is 20.3 Å². The molecule has 0 bridgehead atoms. The lowest BCUT2D eigenvalue weighted by atomic mass is 10.1. The number of carbonyl (C=O) groups excluding carboxylic acids is 2. The van der Waals surface area contributed by atoms with Crippen LogP contribution in [0.1, 0.15) is 23.7 Å². The van der Waals surface area contributed by atoms with Crippen molar-refractivity contribution < 1.29 is 19.1 Å². The van der Waals surface area contributed by atoms with Crippen molar-refractivity contribution in [2.75, 3.05) is 81.7 Å². The third kappa shape index (κ3) is 7.59. The minimum atomic E-state index is -0.287. The zero-order valence-corrected chi connectivity index (χ0v) is 23.2. The first kappa shape index (κ1) is 28.6. The zero-order chi connectivity index (χ0) is 27.8. The zero-order valence-electron chi connectivity index (χ0n) is 22.5. The number of rotatable bonds is 11. The van der Waals surface area contributed by atoms with Crippen molar-refractivity contribution in [3.8, 4) is 5.88 Å². The van der Waals surface area contributed by atoms with Gasteiger partial charge in [0.1, 0.15) is 11.6 Å². The molecule has 1 aromatic heterocycles. The summed E-state index contributed by atoms with van der Waals surface area (Å²) in [5, 5.41) is 6.50. The first-order valence-electron chi connectivity index (χ1n) is 13.2. The van der Waals surface area contributed by atoms with E-state index in [-0.39, 0.29) is 17.9 Å². The van der Waals surface area contributed by atoms with Crippen LogP contribution in [0.15, 0.2) is 37.1 Å². The van der Waals surface area contributed by atoms with Gasteiger partial charge in [0.2, 0.25) is 17.7 Å². The minimum Gasteiger partial charge on any atom is -0.474 e. The molecule has 1 aromatic carbocycles. The van der Waals surface area contributed by atoms with Crippen molar-refractivity contribution in [1.82, 2.24) is 19.8 Å². The number of anilines is 3. The minimum absolute atomic E-state index is 0.0188. The van der Waals surface area contributed by atoms with Gasteiger partial charge in [-0.2, -0.15) is 4.98 Å². The number of likely N-dealkylation sites (tertiary alicyclic amines) is 1. The predicted molar refractivity (Wildman–Crippen MR) is 152 cm³/mol. The van der Waals surface area contributed by atoms with Gasteiger partial charge < -0.3 is 34.8 Å². The summed E-state index contributed by atoms with van der Waals surface area (Å²) in [6.07, 6.45) is 3.49. The Morgan fingerprint density at radius 3 is 2.74 bits per heavy atom. The van der Waals surface area contributed by atoms with E-state index in [0.717, 1.165) is 38.3 Å². The summed E-state index contributed by atoms with van der Waals surface area (Å²) in [6, 6.07) is 5.41. The Kier molecular flexibility index (Phi) is 9.96. The highest BCUT2D eigenvalue weighted by molar-refractivity contribution is 6.31. The molecule has 2 fully saturated rings. The summed E-state index contributed by atoms with van der Waals surface area (Å²) in [5.41, 5.74) is 2.08. The largest absolute Gasteiger partial charge is 0.474 e. The van der Waals surface area contributed by atoms with Crippen LogP contribution in [0.25, 0.3) is 0 Å². The van der Waals surface area contributed by atoms with E-state index in [9.17, 15) is 9.59 Å². The topological polar surface area (TPSA) is 112 Å². The molecule has 12 heteroatoms. The van der Waals surface area contributed by atoms with Gasteiger partial charge in [-0.3, -0.25) is 9.59 Å². The van der Waals surface area contributed by atoms with E-state index in [2.05, 4.69) is 44.0 Å². The highest BCUT2D eigenvalue weighted by Gasteiger charge is 2.29. The number of piperazine rings is 1. The number of aromatic nitrogens is 2. The molecule has 1 atom stereocenters. The third-order valence-electron chi connectivity index (χ3n) is 6.72. The first-order chi connectivity index (χ1) is 18.9. The maximum Gasteiger partial charge on any atom is 0.254 e. The van der Waals surface area contributed by atoms with Crippen molar-refractivity contribution in [3.63, 3.8) is 0 Å². The van der Waals surface area contributed by atoms with E-state index in [1.165, 1.54) is 12.3 Å². The van der Waals surface area contributed by atoms with Crippen LogP contribution in [0.4, 0.5) is 17.3 Å². The lowest BCUT2D eigenvalue weighted by Crippen LogP contribution is -2.44. The number of ether oxygens (including phenoxy) is 2. The second-order valence-corrected chi connectivity index (χ2v) is 9.90. The average molecular weight is 558 g/mol. The van der Waals surface area contributed by atoms with Crippen molar-refractivity contribution in [2.45, 2.75) is 19.4 Å². The molecule has 2 aromatic rings. The average Bonchev–Trinajstić information content (AvgIpc) is 3.41. The van der Waals surface area contributed by atoms with E-state index >= 15 is 0 Å². The van der Waals surface area contributed by atoms with Gasteiger partial charge in [0.25, 0.3) is 5.91 Å². The summed E-state index contributed by atoms with van der Waals surface area (Å²) in [7, 11) is 2.08. The number of likely N-dealkylation sites (N-methyl/N-ethyl adjacent to an activating group) is 1. The van der Waals surface area contributed by atoms with Crippen molar-refractivity contribution in [1.29, 1.82) is 0 Å². The van der Waals surface area contributed by atoms with Gasteiger partial charge in [-0.25, -0.2) is 4.98 Å². The summed E-state index contributed by atoms with van der Waals surface area (Å²) < 4.78 is 10.9. The number of nitrogens with one attached hydrogen (secondary N) is 2. The molecule has 39 heavy (non-hydrogen) atoms. The second-order valence-electron chi connectivity index (χ2n) is 9.49. The fraction of sp³-hybridized carbons (Fsp3) is 0.481. The van der Waals surface area contributed by atoms with Crippen LogP contribution >= 0.6 is 11.6 Å². The number of halogens is 1. The van der Waals surface area contributed by atoms with E-state index in [0.29, 0.717) is 61.0 Å². The molecule has 2 aliphatic rings. The fourth-order valence-electron chi connectivity index (χ4n) is 4.55. The Labute approximate surface area is 234 Å². The van der Waals surface area contributed by atoms with Gasteiger partial charge in [-0.05, 0) is 44.7 Å². The maximum atomic E-state index is 13.5. The van der Waals surface area contributed by atoms with E-state index in [4.69, 9.17) is 21.1 Å². The van der Waals surface area contributed by atoms with Gasteiger partial charge in [0.05, 0.1) is 24.2 Å². The maximum absolute atomic E-state index is 13.5. The van der Waals surface area contributed by atoms with E-state index in [1.807, 2.05) is 17.9 Å². The summed E-state index contributed by atoms with van der Waals surface area (Å²) in [6.45, 7) is 11.4. The molecule has 2 N–H and O–H groups in total. The number of nitrogens with zero attached hydrogens (tertiary/aromatic N) is 5. The highest BCUT2D eigenvalue weighted by atomic mass is 35.5. The number of hydrogen-bond acceptors (Lipinski definition) is 9. The lowest BCUT2D eigenvalue weighted by Gasteiger charge is -2.35. The highest BCUT2D eigenvalue weighted by Crippen LogP contribution is 2.30. The molecule has 3 heterocycles. The fourth-order valence-corrected chi connectivity index (χ4v) is 4.70. The SMILES string of the molecule is C=CC(=O)Nc1ccc(C(=O)N2CC[C@@H](Nc3ncc(Cl)c(OCCOCC)n3)C2)cc1N1CCN(C)CC1. The molecule has 2 aliphatic heterocycles.